The van der Waals surface area contributed by atoms with Crippen molar-refractivity contribution in [2.24, 2.45) is 0 Å². The summed E-state index contributed by atoms with van der Waals surface area (Å²) in [6, 6.07) is 12.9. The monoisotopic (exact) mass is 525 g/mol. The van der Waals surface area contributed by atoms with Gasteiger partial charge in [-0.05, 0) is 54.6 Å². The number of halogens is 1. The molecule has 0 saturated carbocycles. The van der Waals surface area contributed by atoms with Crippen molar-refractivity contribution in [1.29, 1.82) is 0 Å². The second-order valence-electron chi connectivity index (χ2n) is 8.32. The van der Waals surface area contributed by atoms with Crippen molar-refractivity contribution in [3.63, 3.8) is 0 Å². The predicted octanol–water partition coefficient (Wildman–Crippen LogP) is 2.37. The molecule has 3 heterocycles. The molecular formula is C23H24FN9O3S. The van der Waals surface area contributed by atoms with Gasteiger partial charge < -0.3 is 15.0 Å². The highest BCUT2D eigenvalue weighted by Gasteiger charge is 2.30. The first-order chi connectivity index (χ1) is 17.8. The third-order valence-corrected chi connectivity index (χ3v) is 7.78. The van der Waals surface area contributed by atoms with E-state index in [0.29, 0.717) is 24.9 Å². The molecule has 0 unspecified atom stereocenters. The maximum absolute atomic E-state index is 14.3. The molecule has 2 aromatic carbocycles. The molecule has 0 amide bonds. The van der Waals surface area contributed by atoms with Crippen LogP contribution in [0.3, 0.4) is 0 Å². The van der Waals surface area contributed by atoms with Crippen LogP contribution < -0.4 is 15.0 Å². The van der Waals surface area contributed by atoms with Crippen molar-refractivity contribution in [3.05, 3.63) is 60.0 Å². The Morgan fingerprint density at radius 3 is 2.46 bits per heavy atom. The molecule has 0 aliphatic carbocycles. The number of H-pyrrole nitrogens is 1. The van der Waals surface area contributed by atoms with Gasteiger partial charge in [0, 0.05) is 43.6 Å². The molecule has 1 aliphatic heterocycles. The Hall–Kier alpha value is -4.17. The summed E-state index contributed by atoms with van der Waals surface area (Å²) in [5.74, 6) is 1.23. The Morgan fingerprint density at radius 1 is 1.03 bits per heavy atom. The molecule has 2 aromatic heterocycles. The lowest BCUT2D eigenvalue weighted by Crippen LogP contribution is -2.49. The van der Waals surface area contributed by atoms with Crippen LogP contribution >= 0.6 is 0 Å². The van der Waals surface area contributed by atoms with Crippen molar-refractivity contribution >= 4 is 27.5 Å². The van der Waals surface area contributed by atoms with Crippen LogP contribution in [-0.4, -0.2) is 76.6 Å². The number of hydrogen-bond acceptors (Lipinski definition) is 10. The fraction of sp³-hybridized carbons (Fsp3) is 0.261. The number of methoxy groups -OCH3 is 1. The van der Waals surface area contributed by atoms with Crippen molar-refractivity contribution < 1.29 is 17.5 Å². The maximum atomic E-state index is 14.3. The Labute approximate surface area is 212 Å². The fourth-order valence-electron chi connectivity index (χ4n) is 3.97. The van der Waals surface area contributed by atoms with E-state index in [1.165, 1.54) is 16.4 Å². The lowest BCUT2D eigenvalue weighted by atomic mass is 10.2. The maximum Gasteiger partial charge on any atom is 0.243 e. The summed E-state index contributed by atoms with van der Waals surface area (Å²) in [5.41, 5.74) is 1.58. The van der Waals surface area contributed by atoms with E-state index in [0.717, 1.165) is 23.2 Å². The zero-order chi connectivity index (χ0) is 26.0. The van der Waals surface area contributed by atoms with Gasteiger partial charge in [0.25, 0.3) is 0 Å². The largest absolute Gasteiger partial charge is 0.497 e. The van der Waals surface area contributed by atoms with Crippen LogP contribution in [0, 0.1) is 12.7 Å². The van der Waals surface area contributed by atoms with Gasteiger partial charge in [0.2, 0.25) is 21.8 Å². The third-order valence-electron chi connectivity index (χ3n) is 5.89. The predicted molar refractivity (Wildman–Crippen MR) is 134 cm³/mol. The Bertz CT molecular complexity index is 1490. The van der Waals surface area contributed by atoms with Gasteiger partial charge in [-0.1, -0.05) is 0 Å². The number of sulfonamides is 1. The fourth-order valence-corrected chi connectivity index (χ4v) is 5.42. The molecular weight excluding hydrogens is 501 g/mol. The molecule has 1 aliphatic rings. The number of hydrogen-bond donors (Lipinski definition) is 2. The number of piperazine rings is 1. The van der Waals surface area contributed by atoms with Gasteiger partial charge in [-0.3, -0.25) is 0 Å². The number of tetrazole rings is 1. The highest BCUT2D eigenvalue weighted by molar-refractivity contribution is 7.89. The Kier molecular flexibility index (Phi) is 6.67. The molecule has 0 bridgehead atoms. The van der Waals surface area contributed by atoms with Crippen molar-refractivity contribution in [1.82, 2.24) is 34.9 Å². The van der Waals surface area contributed by atoms with Crippen molar-refractivity contribution in [2.45, 2.75) is 11.8 Å². The van der Waals surface area contributed by atoms with Crippen LogP contribution in [0.2, 0.25) is 0 Å². The molecule has 12 nitrogen and oxygen atoms in total. The van der Waals surface area contributed by atoms with E-state index < -0.39 is 15.8 Å². The van der Waals surface area contributed by atoms with E-state index >= 15 is 0 Å². The normalized spacial score (nSPS) is 14.5. The zero-order valence-corrected chi connectivity index (χ0v) is 20.9. The molecule has 0 spiro atoms. The first-order valence-corrected chi connectivity index (χ1v) is 12.8. The van der Waals surface area contributed by atoms with Crippen LogP contribution in [0.5, 0.6) is 5.75 Å². The van der Waals surface area contributed by atoms with Crippen LogP contribution in [0.4, 0.5) is 21.8 Å². The van der Waals surface area contributed by atoms with Gasteiger partial charge >= 0.3 is 0 Å². The number of anilines is 3. The molecule has 0 atom stereocenters. The number of benzene rings is 2. The minimum atomic E-state index is -3.87. The highest BCUT2D eigenvalue weighted by atomic mass is 32.2. The summed E-state index contributed by atoms with van der Waals surface area (Å²) in [5, 5.41) is 16.4. The minimum absolute atomic E-state index is 0.0185. The van der Waals surface area contributed by atoms with Crippen LogP contribution in [-0.2, 0) is 10.0 Å². The third kappa shape index (κ3) is 5.20. The lowest BCUT2D eigenvalue weighted by molar-refractivity contribution is 0.382. The number of nitrogens with zero attached hydrogens (tertiary/aromatic N) is 7. The number of aryl methyl sites for hydroxylation is 1. The van der Waals surface area contributed by atoms with Gasteiger partial charge in [0.1, 0.15) is 17.4 Å². The van der Waals surface area contributed by atoms with E-state index in [1.54, 1.807) is 7.11 Å². The quantitative estimate of drug-likeness (QED) is 0.369. The number of aromatic amines is 1. The first-order valence-electron chi connectivity index (χ1n) is 11.4. The first kappa shape index (κ1) is 24.5. The van der Waals surface area contributed by atoms with Crippen LogP contribution in [0.1, 0.15) is 5.69 Å². The molecule has 0 radical (unpaired) electrons. The smallest absolute Gasteiger partial charge is 0.243 e. The van der Waals surface area contributed by atoms with E-state index in [-0.39, 0.29) is 29.4 Å². The second-order valence-corrected chi connectivity index (χ2v) is 10.3. The van der Waals surface area contributed by atoms with Crippen LogP contribution in [0.25, 0.3) is 11.4 Å². The number of nitrogens with one attached hydrogen (secondary N) is 2. The van der Waals surface area contributed by atoms with Crippen LogP contribution in [0.15, 0.2) is 53.4 Å². The number of aromatic nitrogens is 6. The lowest BCUT2D eigenvalue weighted by Gasteiger charge is -2.34. The standard InChI is InChI=1S/C23H24FN9O3S/c1-15-13-21(26-16-3-5-17(36-2)6-4-16)27-23(25-15)32-9-11-33(12-10-32)37(34,35)18-7-8-20(24)19(14-18)22-28-30-31-29-22/h3-8,13-14H,9-12H2,1-2H3,(H,25,26,27)(H,28,29,30,31). The van der Waals surface area contributed by atoms with E-state index in [2.05, 4.69) is 35.9 Å². The van der Waals surface area contributed by atoms with Gasteiger partial charge in [-0.15, -0.1) is 10.2 Å². The average molecular weight is 526 g/mol. The van der Waals surface area contributed by atoms with E-state index in [1.807, 2.05) is 42.2 Å². The second kappa shape index (κ2) is 10.1. The summed E-state index contributed by atoms with van der Waals surface area (Å²) in [6.07, 6.45) is 0. The summed E-state index contributed by atoms with van der Waals surface area (Å²) < 4.78 is 47.4. The topological polar surface area (TPSA) is 142 Å². The Morgan fingerprint density at radius 2 is 1.78 bits per heavy atom. The highest BCUT2D eigenvalue weighted by Crippen LogP contribution is 2.26. The van der Waals surface area contributed by atoms with Crippen molar-refractivity contribution in [2.75, 3.05) is 43.5 Å². The number of ether oxygens (including phenoxy) is 1. The van der Waals surface area contributed by atoms with Gasteiger partial charge in [-0.25, -0.2) is 17.8 Å². The molecule has 2 N–H and O–H groups in total. The molecule has 1 fully saturated rings. The summed E-state index contributed by atoms with van der Waals surface area (Å²) in [4.78, 5) is 11.1. The van der Waals surface area contributed by atoms with Crippen molar-refractivity contribution in [3.8, 4) is 17.1 Å². The molecule has 5 rings (SSSR count). The molecule has 1 saturated heterocycles. The molecule has 4 aromatic rings. The van der Waals surface area contributed by atoms with Gasteiger partial charge in [0.15, 0.2) is 0 Å². The summed E-state index contributed by atoms with van der Waals surface area (Å²) >= 11 is 0. The van der Waals surface area contributed by atoms with E-state index in [4.69, 9.17) is 4.74 Å². The molecule has 37 heavy (non-hydrogen) atoms. The summed E-state index contributed by atoms with van der Waals surface area (Å²) in [6.45, 7) is 3.10. The molecule has 192 valence electrons. The minimum Gasteiger partial charge on any atom is -0.497 e. The average Bonchev–Trinajstić information content (AvgIpc) is 3.44. The molecule has 14 heteroatoms. The van der Waals surface area contributed by atoms with E-state index in [9.17, 15) is 12.8 Å². The SMILES string of the molecule is COc1ccc(Nc2cc(C)nc(N3CCN(S(=O)(=O)c4ccc(F)c(-c5nn[nH]n5)c4)CC3)n2)cc1. The number of rotatable bonds is 7. The Balaban J connectivity index is 1.29. The van der Waals surface area contributed by atoms with Gasteiger partial charge in [-0.2, -0.15) is 14.5 Å². The van der Waals surface area contributed by atoms with Gasteiger partial charge in [0.05, 0.1) is 17.6 Å². The summed E-state index contributed by atoms with van der Waals surface area (Å²) in [7, 11) is -2.26. The zero-order valence-electron chi connectivity index (χ0n) is 20.1.